The third-order valence-corrected chi connectivity index (χ3v) is 18.8. The number of piperidine rings is 1. The number of benzene rings is 3. The predicted octanol–water partition coefficient (Wildman–Crippen LogP) is 8.43. The van der Waals surface area contributed by atoms with Crippen LogP contribution in [0.15, 0.2) is 77.8 Å². The van der Waals surface area contributed by atoms with Crippen molar-refractivity contribution in [2.24, 2.45) is 5.41 Å². The first kappa shape index (κ1) is 49.8. The summed E-state index contributed by atoms with van der Waals surface area (Å²) in [6.45, 7) is 10.5. The Morgan fingerprint density at radius 2 is 1.72 bits per heavy atom. The molecule has 20 heteroatoms. The van der Waals surface area contributed by atoms with Crippen LogP contribution in [-0.2, 0) is 19.5 Å². The Labute approximate surface area is 435 Å². The summed E-state index contributed by atoms with van der Waals surface area (Å²) >= 11 is 0. The Bertz CT molecular complexity index is 3140. The minimum Gasteiger partial charge on any atom is -0.489 e. The number of amides is 1. The molecule has 2 aliphatic carbocycles. The number of nitrogens with zero attached hydrogens (tertiary/aromatic N) is 5. The van der Waals surface area contributed by atoms with Crippen molar-refractivity contribution >= 4 is 55.4 Å². The molecule has 0 radical (unpaired) electrons. The second-order valence-corrected chi connectivity index (χ2v) is 24.3. The second-order valence-electron chi connectivity index (χ2n) is 22.6. The summed E-state index contributed by atoms with van der Waals surface area (Å²) < 4.78 is 71.8. The van der Waals surface area contributed by atoms with E-state index in [0.717, 1.165) is 75.1 Å². The van der Waals surface area contributed by atoms with Crippen LogP contribution in [0.25, 0.3) is 11.0 Å². The van der Waals surface area contributed by atoms with Gasteiger partial charge in [-0.25, -0.2) is 17.5 Å². The number of hydrogen-bond acceptors (Lipinski definition) is 15. The van der Waals surface area contributed by atoms with E-state index in [1.807, 2.05) is 29.2 Å². The van der Waals surface area contributed by atoms with Gasteiger partial charge in [-0.05, 0) is 118 Å². The number of carbonyl (C=O) groups is 1. The fourth-order valence-corrected chi connectivity index (χ4v) is 14.1. The topological polar surface area (TPSA) is 214 Å². The number of H-pyrrole nitrogens is 1. The minimum absolute atomic E-state index is 0.00822. The van der Waals surface area contributed by atoms with Crippen LogP contribution in [0.3, 0.4) is 0 Å². The van der Waals surface area contributed by atoms with Crippen LogP contribution in [0, 0.1) is 15.5 Å². The Morgan fingerprint density at radius 3 is 2.49 bits per heavy atom. The molecular formula is C55H65FN8O10S. The van der Waals surface area contributed by atoms with Gasteiger partial charge in [0.05, 0.1) is 64.6 Å². The monoisotopic (exact) mass is 1050 g/mol. The number of sulfonamides is 1. The fourth-order valence-electron chi connectivity index (χ4n) is 13.1. The van der Waals surface area contributed by atoms with E-state index >= 15 is 4.39 Å². The van der Waals surface area contributed by atoms with Gasteiger partial charge in [-0.2, -0.15) is 4.98 Å². The molecule has 12 rings (SSSR count). The van der Waals surface area contributed by atoms with Crippen molar-refractivity contribution in [1.82, 2.24) is 19.6 Å². The quantitative estimate of drug-likeness (QED) is 0.0763. The molecule has 5 aromatic rings. The molecule has 1 spiro atoms. The average molecular weight is 1050 g/mol. The van der Waals surface area contributed by atoms with Gasteiger partial charge in [0.15, 0.2) is 11.4 Å². The van der Waals surface area contributed by atoms with Crippen LogP contribution in [0.2, 0.25) is 0 Å². The Balaban J connectivity index is 0.833. The molecule has 5 aliphatic heterocycles. The molecule has 0 bridgehead atoms. The molecule has 5 fully saturated rings. The van der Waals surface area contributed by atoms with Crippen molar-refractivity contribution in [2.45, 2.75) is 131 Å². The SMILES string of the molecule is CC(C)c1ccccc1[C@@H]1COCCN1C1CC2(CCN(c3ccc(C(=O)NS(=O)(=O)c4cc5c(c([N+](=O)[O-])c4)N[C@H](C4(F)CCC(C)(O)CC4)CO5)c(N4c5cc6cc[nH]c6nc5O[C@H]5COCC[C@@H]54)c3)CC2)C1. The highest BCUT2D eigenvalue weighted by Crippen LogP contribution is 2.54. The van der Waals surface area contributed by atoms with Crippen molar-refractivity contribution in [1.29, 1.82) is 0 Å². The zero-order valence-corrected chi connectivity index (χ0v) is 43.4. The van der Waals surface area contributed by atoms with Gasteiger partial charge in [-0.1, -0.05) is 38.1 Å². The van der Waals surface area contributed by atoms with Crippen LogP contribution in [-0.4, -0.2) is 127 Å². The number of ether oxygens (including phenoxy) is 4. The molecule has 3 aromatic carbocycles. The molecule has 0 unspecified atom stereocenters. The van der Waals surface area contributed by atoms with E-state index in [1.54, 1.807) is 19.2 Å². The van der Waals surface area contributed by atoms with Crippen LogP contribution in [0.5, 0.6) is 11.6 Å². The second kappa shape index (κ2) is 18.9. The number of aromatic nitrogens is 2. The molecule has 1 amide bonds. The number of alkyl halides is 1. The van der Waals surface area contributed by atoms with Crippen LogP contribution < -0.4 is 29.3 Å². The molecule has 7 heterocycles. The van der Waals surface area contributed by atoms with Gasteiger partial charge in [0, 0.05) is 61.7 Å². The first-order chi connectivity index (χ1) is 36.0. The summed E-state index contributed by atoms with van der Waals surface area (Å²) in [5.74, 6) is -0.367. The van der Waals surface area contributed by atoms with E-state index in [1.165, 1.54) is 11.1 Å². The minimum atomic E-state index is -4.80. The average Bonchev–Trinajstić information content (AvgIpc) is 3.86. The van der Waals surface area contributed by atoms with Crippen LogP contribution >= 0.6 is 0 Å². The van der Waals surface area contributed by atoms with E-state index < -0.39 is 54.9 Å². The van der Waals surface area contributed by atoms with E-state index in [-0.39, 0.29) is 73.4 Å². The summed E-state index contributed by atoms with van der Waals surface area (Å²) in [6, 6.07) is 19.5. The van der Waals surface area contributed by atoms with Gasteiger partial charge in [0.1, 0.15) is 29.7 Å². The third kappa shape index (κ3) is 9.12. The third-order valence-electron chi connectivity index (χ3n) is 17.5. The Morgan fingerprint density at radius 1 is 0.947 bits per heavy atom. The molecular weight excluding hydrogens is 984 g/mol. The normalized spacial score (nSPS) is 27.8. The number of carbonyl (C=O) groups excluding carboxylic acids is 1. The number of rotatable bonds is 10. The highest BCUT2D eigenvalue weighted by Gasteiger charge is 2.51. The fraction of sp³-hybridized carbons (Fsp3) is 0.527. The summed E-state index contributed by atoms with van der Waals surface area (Å²) in [5.41, 5.74) is 1.89. The molecule has 4 atom stereocenters. The molecule has 7 aliphatic rings. The lowest BCUT2D eigenvalue weighted by Crippen LogP contribution is -2.58. The first-order valence-corrected chi connectivity index (χ1v) is 28.0. The number of hydrogen-bond donors (Lipinski definition) is 4. The summed E-state index contributed by atoms with van der Waals surface area (Å²) in [7, 11) is -4.80. The lowest BCUT2D eigenvalue weighted by Gasteiger charge is -2.57. The van der Waals surface area contributed by atoms with E-state index in [2.05, 4.69) is 62.9 Å². The number of fused-ring (bicyclic) bond motifs is 4. The van der Waals surface area contributed by atoms with E-state index in [4.69, 9.17) is 23.9 Å². The largest absolute Gasteiger partial charge is 0.489 e. The molecule has 398 valence electrons. The van der Waals surface area contributed by atoms with Crippen LogP contribution in [0.4, 0.5) is 32.8 Å². The van der Waals surface area contributed by atoms with Gasteiger partial charge in [-0.3, -0.25) is 19.8 Å². The zero-order chi connectivity index (χ0) is 52.0. The molecule has 2 saturated carbocycles. The molecule has 4 N–H and O–H groups in total. The number of nitrogens with one attached hydrogen (secondary N) is 3. The molecule has 75 heavy (non-hydrogen) atoms. The maximum atomic E-state index is 16.3. The highest BCUT2D eigenvalue weighted by atomic mass is 32.2. The van der Waals surface area contributed by atoms with Crippen LogP contribution in [0.1, 0.15) is 112 Å². The number of nitro benzene ring substituents is 1. The van der Waals surface area contributed by atoms with Gasteiger partial charge in [-0.15, -0.1) is 0 Å². The summed E-state index contributed by atoms with van der Waals surface area (Å²) in [6.07, 6.45) is 6.52. The number of nitro groups is 1. The van der Waals surface area contributed by atoms with Crippen molar-refractivity contribution in [3.05, 3.63) is 99.7 Å². The summed E-state index contributed by atoms with van der Waals surface area (Å²) in [5, 5.41) is 26.8. The lowest BCUT2D eigenvalue weighted by molar-refractivity contribution is -0.384. The lowest BCUT2D eigenvalue weighted by atomic mass is 9.59. The molecule has 2 aromatic heterocycles. The van der Waals surface area contributed by atoms with Crippen molar-refractivity contribution in [3.8, 4) is 11.6 Å². The first-order valence-electron chi connectivity index (χ1n) is 26.5. The number of pyridine rings is 1. The zero-order valence-electron chi connectivity index (χ0n) is 42.6. The number of aromatic amines is 1. The smallest absolute Gasteiger partial charge is 0.297 e. The van der Waals surface area contributed by atoms with E-state index in [0.29, 0.717) is 54.5 Å². The number of halogens is 1. The number of aliphatic hydroxyl groups is 1. The van der Waals surface area contributed by atoms with Gasteiger partial charge >= 0.3 is 0 Å². The van der Waals surface area contributed by atoms with Crippen molar-refractivity contribution in [2.75, 3.05) is 67.8 Å². The maximum Gasteiger partial charge on any atom is 0.297 e. The maximum absolute atomic E-state index is 16.3. The van der Waals surface area contributed by atoms with E-state index in [9.17, 15) is 28.4 Å². The predicted molar refractivity (Wildman–Crippen MR) is 280 cm³/mol. The molecule has 18 nitrogen and oxygen atoms in total. The number of anilines is 4. The molecule has 3 saturated heterocycles. The number of morpholine rings is 1. The Kier molecular flexibility index (Phi) is 12.5. The highest BCUT2D eigenvalue weighted by molar-refractivity contribution is 7.90. The van der Waals surface area contributed by atoms with Gasteiger partial charge < -0.3 is 44.2 Å². The Hall–Kier alpha value is -6.06. The van der Waals surface area contributed by atoms with Gasteiger partial charge in [0.2, 0.25) is 5.88 Å². The summed E-state index contributed by atoms with van der Waals surface area (Å²) in [4.78, 5) is 41.2. The standard InChI is InChI=1S/C55H65FN8O10S/c1-33(2)38-6-4-5-7-39(38)45-30-72-23-21-62(45)36-28-54(29-36)16-19-61(20-17-54)35-8-9-40(42(25-35)63-41-11-22-71-31-47(41)74-52-44(63)24-34-10-18-57-50(34)59-52)51(65)60-75(69,70)37-26-43(64(67)68)49-46(27-37)73-32-48(58-49)55(56)14-12-53(3,66)13-15-55/h4-10,18,24-27,33,36,41,45,47-48,58,66H,11-17,19-23,28-32H2,1-3H3,(H,57,59)(H,60,65)/t41-,45-,47-,48-,53?,55?/m0/s1. The van der Waals surface area contributed by atoms with Crippen molar-refractivity contribution < 1.29 is 46.6 Å². The van der Waals surface area contributed by atoms with Gasteiger partial charge in [0.25, 0.3) is 21.6 Å². The van der Waals surface area contributed by atoms with Crippen molar-refractivity contribution in [3.63, 3.8) is 0 Å².